The van der Waals surface area contributed by atoms with Crippen molar-refractivity contribution in [1.29, 1.82) is 0 Å². The van der Waals surface area contributed by atoms with Crippen molar-refractivity contribution in [2.45, 2.75) is 6.92 Å². The molecule has 0 unspecified atom stereocenters. The van der Waals surface area contributed by atoms with Gasteiger partial charge in [-0.15, -0.1) is 11.3 Å². The summed E-state index contributed by atoms with van der Waals surface area (Å²) >= 11 is 7.13. The van der Waals surface area contributed by atoms with E-state index in [-0.39, 0.29) is 11.5 Å². The summed E-state index contributed by atoms with van der Waals surface area (Å²) in [5.74, 6) is -0.376. The average molecular weight is 334 g/mol. The molecule has 0 N–H and O–H groups in total. The fraction of sp³-hybridized carbons (Fsp3) is 0.125. The molecule has 0 aliphatic heterocycles. The van der Waals surface area contributed by atoms with Gasteiger partial charge >= 0.3 is 5.97 Å². The van der Waals surface area contributed by atoms with Crippen LogP contribution in [0.1, 0.15) is 16.6 Å². The van der Waals surface area contributed by atoms with Crippen LogP contribution < -0.4 is 5.56 Å². The van der Waals surface area contributed by atoms with Gasteiger partial charge < -0.3 is 4.74 Å². The van der Waals surface area contributed by atoms with E-state index in [1.807, 2.05) is 0 Å². The molecular weight excluding hydrogens is 322 g/mol. The highest BCUT2D eigenvalue weighted by Gasteiger charge is 2.14. The van der Waals surface area contributed by atoms with E-state index in [1.54, 1.807) is 47.9 Å². The van der Waals surface area contributed by atoms with Gasteiger partial charge in [-0.3, -0.25) is 9.36 Å². The molecule has 0 bridgehead atoms. The van der Waals surface area contributed by atoms with E-state index in [0.717, 1.165) is 5.39 Å². The molecule has 112 valence electrons. The summed E-state index contributed by atoms with van der Waals surface area (Å²) in [7, 11) is 0. The first kappa shape index (κ1) is 14.8. The lowest BCUT2D eigenvalue weighted by Gasteiger charge is -2.06. The molecular formula is C16H12ClNO3S. The van der Waals surface area contributed by atoms with Crippen molar-refractivity contribution in [2.24, 2.45) is 0 Å². The van der Waals surface area contributed by atoms with Crippen molar-refractivity contribution in [3.05, 3.63) is 62.7 Å². The number of carbonyl (C=O) groups excluding carboxylic acids is 1. The molecule has 0 atom stereocenters. The fourth-order valence-corrected chi connectivity index (χ4v) is 3.36. The molecule has 1 aromatic carbocycles. The molecule has 0 aliphatic rings. The van der Waals surface area contributed by atoms with Crippen LogP contribution in [0.25, 0.3) is 15.9 Å². The predicted octanol–water partition coefficient (Wildman–Crippen LogP) is 3.88. The Hall–Kier alpha value is -2.11. The van der Waals surface area contributed by atoms with Gasteiger partial charge in [-0.25, -0.2) is 4.79 Å². The van der Waals surface area contributed by atoms with Gasteiger partial charge in [-0.2, -0.15) is 0 Å². The number of hydrogen-bond donors (Lipinski definition) is 0. The Morgan fingerprint density at radius 1 is 1.23 bits per heavy atom. The van der Waals surface area contributed by atoms with Crippen molar-refractivity contribution < 1.29 is 9.53 Å². The Morgan fingerprint density at radius 3 is 2.64 bits per heavy atom. The Bertz CT molecular complexity index is 896. The summed E-state index contributed by atoms with van der Waals surface area (Å²) in [5, 5.41) is 1.42. The number of carbonyl (C=O) groups is 1. The van der Waals surface area contributed by atoms with Gasteiger partial charge in [0.15, 0.2) is 0 Å². The number of hydrogen-bond acceptors (Lipinski definition) is 4. The van der Waals surface area contributed by atoms with Gasteiger partial charge in [0, 0.05) is 16.5 Å². The molecule has 0 aliphatic carbocycles. The Kier molecular flexibility index (Phi) is 4.00. The second-order valence-electron chi connectivity index (χ2n) is 4.58. The quantitative estimate of drug-likeness (QED) is 0.683. The number of nitrogens with zero attached hydrogens (tertiary/aromatic N) is 1. The second kappa shape index (κ2) is 5.94. The largest absolute Gasteiger partial charge is 0.462 e. The van der Waals surface area contributed by atoms with Crippen LogP contribution in [-0.2, 0) is 4.74 Å². The summed E-state index contributed by atoms with van der Waals surface area (Å²) in [4.78, 5) is 25.3. The molecule has 3 aromatic rings. The molecule has 4 nitrogen and oxygen atoms in total. The van der Waals surface area contributed by atoms with Crippen LogP contribution in [0.3, 0.4) is 0 Å². The van der Waals surface area contributed by atoms with Gasteiger partial charge in [0.05, 0.1) is 12.3 Å². The van der Waals surface area contributed by atoms with Crippen LogP contribution in [0.2, 0.25) is 5.02 Å². The Labute approximate surface area is 135 Å². The number of pyridine rings is 1. The van der Waals surface area contributed by atoms with Gasteiger partial charge in [-0.1, -0.05) is 11.6 Å². The van der Waals surface area contributed by atoms with Gasteiger partial charge in [-0.05, 0) is 43.3 Å². The highest BCUT2D eigenvalue weighted by atomic mass is 35.5. The van der Waals surface area contributed by atoms with Crippen molar-refractivity contribution in [2.75, 3.05) is 6.61 Å². The molecule has 6 heteroatoms. The highest BCUT2D eigenvalue weighted by Crippen LogP contribution is 2.27. The third kappa shape index (κ3) is 2.65. The van der Waals surface area contributed by atoms with E-state index in [9.17, 15) is 9.59 Å². The van der Waals surface area contributed by atoms with E-state index in [2.05, 4.69) is 0 Å². The minimum absolute atomic E-state index is 0.160. The number of aromatic nitrogens is 1. The van der Waals surface area contributed by atoms with E-state index in [0.29, 0.717) is 27.0 Å². The standard InChI is InChI=1S/C16H12ClNO3S/c1-2-21-16(20)13-9-10-3-8-14(19)18(15(10)22-13)12-6-4-11(17)5-7-12/h3-9H,2H2,1H3. The molecule has 2 heterocycles. The molecule has 3 rings (SSSR count). The number of fused-ring (bicyclic) bond motifs is 1. The number of halogens is 1. The number of ether oxygens (including phenoxy) is 1. The summed E-state index contributed by atoms with van der Waals surface area (Å²) in [6.07, 6.45) is 0. The summed E-state index contributed by atoms with van der Waals surface area (Å²) in [6.45, 7) is 2.08. The zero-order valence-corrected chi connectivity index (χ0v) is 13.3. The van der Waals surface area contributed by atoms with E-state index >= 15 is 0 Å². The van der Waals surface area contributed by atoms with E-state index in [4.69, 9.17) is 16.3 Å². The fourth-order valence-electron chi connectivity index (χ4n) is 2.16. The molecule has 0 spiro atoms. The van der Waals surface area contributed by atoms with Crippen LogP contribution in [0.5, 0.6) is 0 Å². The van der Waals surface area contributed by atoms with Crippen LogP contribution >= 0.6 is 22.9 Å². The minimum atomic E-state index is -0.376. The topological polar surface area (TPSA) is 48.3 Å². The lowest BCUT2D eigenvalue weighted by atomic mass is 10.2. The summed E-state index contributed by atoms with van der Waals surface area (Å²) in [5.41, 5.74) is 0.546. The zero-order chi connectivity index (χ0) is 15.7. The van der Waals surface area contributed by atoms with E-state index < -0.39 is 0 Å². The van der Waals surface area contributed by atoms with Crippen LogP contribution in [0, 0.1) is 0 Å². The number of benzene rings is 1. The lowest BCUT2D eigenvalue weighted by molar-refractivity contribution is 0.0532. The minimum Gasteiger partial charge on any atom is -0.462 e. The zero-order valence-electron chi connectivity index (χ0n) is 11.7. The second-order valence-corrected chi connectivity index (χ2v) is 6.04. The van der Waals surface area contributed by atoms with Crippen LogP contribution in [0.15, 0.2) is 47.3 Å². The highest BCUT2D eigenvalue weighted by molar-refractivity contribution is 7.20. The SMILES string of the molecule is CCOC(=O)c1cc2ccc(=O)n(-c3ccc(Cl)cc3)c2s1. The number of thiophene rings is 1. The first-order valence-electron chi connectivity index (χ1n) is 6.69. The Morgan fingerprint density at radius 2 is 1.95 bits per heavy atom. The van der Waals surface area contributed by atoms with Gasteiger partial charge in [0.1, 0.15) is 9.71 Å². The van der Waals surface area contributed by atoms with Crippen LogP contribution in [-0.4, -0.2) is 17.1 Å². The van der Waals surface area contributed by atoms with Crippen LogP contribution in [0.4, 0.5) is 0 Å². The van der Waals surface area contributed by atoms with Gasteiger partial charge in [0.25, 0.3) is 5.56 Å². The molecule has 0 fully saturated rings. The maximum absolute atomic E-state index is 12.2. The third-order valence-corrected chi connectivity index (χ3v) is 4.50. The predicted molar refractivity (Wildman–Crippen MR) is 88.4 cm³/mol. The number of esters is 1. The molecule has 0 radical (unpaired) electrons. The van der Waals surface area contributed by atoms with Crippen molar-refractivity contribution in [3.8, 4) is 5.69 Å². The molecule has 22 heavy (non-hydrogen) atoms. The summed E-state index contributed by atoms with van der Waals surface area (Å²) in [6, 6.07) is 11.9. The summed E-state index contributed by atoms with van der Waals surface area (Å²) < 4.78 is 6.58. The first-order chi connectivity index (χ1) is 10.6. The van der Waals surface area contributed by atoms with Crippen molar-refractivity contribution >= 4 is 39.1 Å². The van der Waals surface area contributed by atoms with Gasteiger partial charge in [0.2, 0.25) is 0 Å². The van der Waals surface area contributed by atoms with Crippen molar-refractivity contribution in [1.82, 2.24) is 4.57 Å². The Balaban J connectivity index is 2.20. The molecule has 2 aromatic heterocycles. The smallest absolute Gasteiger partial charge is 0.348 e. The molecule has 0 saturated carbocycles. The molecule has 0 saturated heterocycles. The maximum Gasteiger partial charge on any atom is 0.348 e. The molecule has 0 amide bonds. The monoisotopic (exact) mass is 333 g/mol. The lowest BCUT2D eigenvalue weighted by Crippen LogP contribution is -2.16. The first-order valence-corrected chi connectivity index (χ1v) is 7.88. The normalized spacial score (nSPS) is 10.8. The maximum atomic E-state index is 12.2. The average Bonchev–Trinajstić information content (AvgIpc) is 2.93. The number of rotatable bonds is 3. The third-order valence-electron chi connectivity index (χ3n) is 3.13. The van der Waals surface area contributed by atoms with E-state index in [1.165, 1.54) is 17.4 Å². The van der Waals surface area contributed by atoms with Crippen molar-refractivity contribution in [3.63, 3.8) is 0 Å².